The number of rotatable bonds is 4. The second-order valence-electron chi connectivity index (χ2n) is 3.77. The molecule has 2 rings (SSSR count). The van der Waals surface area contributed by atoms with Gasteiger partial charge < -0.3 is 5.11 Å². The monoisotopic (exact) mass is 217 g/mol. The van der Waals surface area contributed by atoms with Gasteiger partial charge in [0.25, 0.3) is 0 Å². The van der Waals surface area contributed by atoms with Crippen LogP contribution in [0.3, 0.4) is 0 Å². The van der Waals surface area contributed by atoms with E-state index >= 15 is 0 Å². The molecule has 0 aliphatic rings. The van der Waals surface area contributed by atoms with Crippen LogP contribution in [0.5, 0.6) is 0 Å². The Hall–Kier alpha value is -1.68. The third-order valence-corrected chi connectivity index (χ3v) is 2.40. The lowest BCUT2D eigenvalue weighted by Crippen LogP contribution is -1.99. The van der Waals surface area contributed by atoms with E-state index in [0.717, 1.165) is 24.2 Å². The Bertz CT molecular complexity index is 448. The number of aryl methyl sites for hydroxylation is 2. The first-order valence-electron chi connectivity index (χ1n) is 5.39. The molecule has 0 spiro atoms. The Morgan fingerprint density at radius 2 is 2.00 bits per heavy atom. The van der Waals surface area contributed by atoms with Gasteiger partial charge in [-0.2, -0.15) is 15.0 Å². The second-order valence-corrected chi connectivity index (χ2v) is 3.77. The Balaban J connectivity index is 2.13. The van der Waals surface area contributed by atoms with Gasteiger partial charge in [-0.15, -0.1) is 0 Å². The number of aliphatic hydroxyl groups excluding tert-OH is 1. The molecule has 4 heteroatoms. The molecule has 4 nitrogen and oxygen atoms in total. The highest BCUT2D eigenvalue weighted by molar-refractivity contribution is 5.32. The van der Waals surface area contributed by atoms with Crippen molar-refractivity contribution in [1.82, 2.24) is 15.0 Å². The molecule has 1 heterocycles. The minimum atomic E-state index is 0.238. The van der Waals surface area contributed by atoms with Crippen LogP contribution in [0.4, 0.5) is 0 Å². The van der Waals surface area contributed by atoms with Gasteiger partial charge in [0.1, 0.15) is 0 Å². The van der Waals surface area contributed by atoms with Gasteiger partial charge in [-0.1, -0.05) is 12.1 Å². The molecule has 0 saturated heterocycles. The summed E-state index contributed by atoms with van der Waals surface area (Å²) < 4.78 is 0. The maximum atomic E-state index is 8.74. The molecular weight excluding hydrogens is 202 g/mol. The van der Waals surface area contributed by atoms with E-state index in [0.29, 0.717) is 0 Å². The van der Waals surface area contributed by atoms with Crippen molar-refractivity contribution in [3.63, 3.8) is 0 Å². The van der Waals surface area contributed by atoms with Crippen LogP contribution in [0, 0.1) is 6.92 Å². The molecule has 0 fully saturated rings. The minimum Gasteiger partial charge on any atom is -0.396 e. The van der Waals surface area contributed by atoms with Gasteiger partial charge in [0.05, 0.1) is 17.6 Å². The van der Waals surface area contributed by atoms with Crippen LogP contribution in [0.2, 0.25) is 0 Å². The summed E-state index contributed by atoms with van der Waals surface area (Å²) in [7, 11) is 0. The first-order valence-corrected chi connectivity index (χ1v) is 5.39. The number of hydrogen-bond donors (Lipinski definition) is 1. The summed E-state index contributed by atoms with van der Waals surface area (Å²) in [5.41, 5.74) is 3.09. The lowest BCUT2D eigenvalue weighted by atomic mass is 10.1. The van der Waals surface area contributed by atoms with Crippen LogP contribution in [0.15, 0.2) is 30.5 Å². The van der Waals surface area contributed by atoms with E-state index in [1.54, 1.807) is 11.0 Å². The SMILES string of the molecule is Cc1cnn(-c2ccc(CCCO)cc2)n1. The first-order chi connectivity index (χ1) is 7.79. The molecule has 0 radical (unpaired) electrons. The second kappa shape index (κ2) is 4.90. The Morgan fingerprint density at radius 3 is 2.56 bits per heavy atom. The fourth-order valence-electron chi connectivity index (χ4n) is 1.54. The van der Waals surface area contributed by atoms with Gasteiger partial charge in [-0.05, 0) is 37.5 Å². The zero-order valence-electron chi connectivity index (χ0n) is 9.30. The molecule has 0 aliphatic heterocycles. The summed E-state index contributed by atoms with van der Waals surface area (Å²) in [5, 5.41) is 17.1. The molecule has 0 atom stereocenters. The lowest BCUT2D eigenvalue weighted by Gasteiger charge is -2.02. The van der Waals surface area contributed by atoms with Gasteiger partial charge in [0, 0.05) is 6.61 Å². The van der Waals surface area contributed by atoms with Crippen molar-refractivity contribution in [3.05, 3.63) is 41.7 Å². The van der Waals surface area contributed by atoms with Crippen molar-refractivity contribution in [2.45, 2.75) is 19.8 Å². The fraction of sp³-hybridized carbons (Fsp3) is 0.333. The molecule has 0 saturated carbocycles. The Kier molecular flexibility index (Phi) is 3.31. The van der Waals surface area contributed by atoms with Gasteiger partial charge in [-0.3, -0.25) is 0 Å². The third kappa shape index (κ3) is 2.46. The highest BCUT2D eigenvalue weighted by atomic mass is 16.2. The zero-order chi connectivity index (χ0) is 11.4. The first kappa shape index (κ1) is 10.8. The standard InChI is InChI=1S/C12H15N3O/c1-10-9-13-15(14-10)12-6-4-11(5-7-12)3-2-8-16/h4-7,9,16H,2-3,8H2,1H3. The molecule has 0 amide bonds. The number of aromatic nitrogens is 3. The summed E-state index contributed by atoms with van der Waals surface area (Å²) in [6.07, 6.45) is 3.44. The minimum absolute atomic E-state index is 0.238. The summed E-state index contributed by atoms with van der Waals surface area (Å²) in [6, 6.07) is 8.08. The maximum absolute atomic E-state index is 8.74. The Labute approximate surface area is 94.5 Å². The van der Waals surface area contributed by atoms with E-state index in [4.69, 9.17) is 5.11 Å². The molecule has 0 aliphatic carbocycles. The Morgan fingerprint density at radius 1 is 1.25 bits per heavy atom. The van der Waals surface area contributed by atoms with Gasteiger partial charge in [-0.25, -0.2) is 0 Å². The zero-order valence-corrected chi connectivity index (χ0v) is 9.30. The van der Waals surface area contributed by atoms with Crippen molar-refractivity contribution in [1.29, 1.82) is 0 Å². The number of nitrogens with zero attached hydrogens (tertiary/aromatic N) is 3. The van der Waals surface area contributed by atoms with Gasteiger partial charge in [0.15, 0.2) is 0 Å². The highest BCUT2D eigenvalue weighted by Crippen LogP contribution is 2.09. The van der Waals surface area contributed by atoms with Crippen LogP contribution in [0.1, 0.15) is 17.7 Å². The summed E-state index contributed by atoms with van der Waals surface area (Å²) in [4.78, 5) is 1.62. The largest absolute Gasteiger partial charge is 0.396 e. The fourth-order valence-corrected chi connectivity index (χ4v) is 1.54. The van der Waals surface area contributed by atoms with E-state index in [1.807, 2.05) is 31.2 Å². The predicted octanol–water partition coefficient (Wildman–Crippen LogP) is 1.50. The van der Waals surface area contributed by atoms with Gasteiger partial charge >= 0.3 is 0 Å². The van der Waals surface area contributed by atoms with E-state index < -0.39 is 0 Å². The van der Waals surface area contributed by atoms with Crippen LogP contribution in [-0.2, 0) is 6.42 Å². The van der Waals surface area contributed by atoms with Crippen LogP contribution in [0.25, 0.3) is 5.69 Å². The highest BCUT2D eigenvalue weighted by Gasteiger charge is 1.99. The molecule has 2 aromatic rings. The molecule has 1 N–H and O–H groups in total. The average molecular weight is 217 g/mol. The predicted molar refractivity (Wildman–Crippen MR) is 61.5 cm³/mol. The van der Waals surface area contributed by atoms with Gasteiger partial charge in [0.2, 0.25) is 0 Å². The quantitative estimate of drug-likeness (QED) is 0.844. The van der Waals surface area contributed by atoms with Crippen molar-refractivity contribution in [2.75, 3.05) is 6.61 Å². The normalized spacial score (nSPS) is 10.6. The number of aliphatic hydroxyl groups is 1. The summed E-state index contributed by atoms with van der Waals surface area (Å²) in [5.74, 6) is 0. The molecular formula is C12H15N3O. The van der Waals surface area contributed by atoms with E-state index in [2.05, 4.69) is 10.2 Å². The van der Waals surface area contributed by atoms with E-state index in [-0.39, 0.29) is 6.61 Å². The molecule has 0 bridgehead atoms. The van der Waals surface area contributed by atoms with Crippen molar-refractivity contribution in [2.24, 2.45) is 0 Å². The molecule has 1 aromatic carbocycles. The van der Waals surface area contributed by atoms with Crippen molar-refractivity contribution in [3.8, 4) is 5.69 Å². The summed E-state index contributed by atoms with van der Waals surface area (Å²) in [6.45, 7) is 2.15. The van der Waals surface area contributed by atoms with Crippen LogP contribution < -0.4 is 0 Å². The van der Waals surface area contributed by atoms with Crippen molar-refractivity contribution >= 4 is 0 Å². The smallest absolute Gasteiger partial charge is 0.0856 e. The molecule has 1 aromatic heterocycles. The lowest BCUT2D eigenvalue weighted by molar-refractivity contribution is 0.288. The molecule has 84 valence electrons. The number of hydrogen-bond acceptors (Lipinski definition) is 3. The van der Waals surface area contributed by atoms with Crippen LogP contribution >= 0.6 is 0 Å². The third-order valence-electron chi connectivity index (χ3n) is 2.40. The maximum Gasteiger partial charge on any atom is 0.0856 e. The molecule has 16 heavy (non-hydrogen) atoms. The van der Waals surface area contributed by atoms with Crippen LogP contribution in [-0.4, -0.2) is 26.7 Å². The average Bonchev–Trinajstić information content (AvgIpc) is 2.74. The molecule has 0 unspecified atom stereocenters. The van der Waals surface area contributed by atoms with Crippen molar-refractivity contribution < 1.29 is 5.11 Å². The number of benzene rings is 1. The summed E-state index contributed by atoms with van der Waals surface area (Å²) >= 11 is 0. The topological polar surface area (TPSA) is 50.9 Å². The van der Waals surface area contributed by atoms with E-state index in [9.17, 15) is 0 Å². The van der Waals surface area contributed by atoms with E-state index in [1.165, 1.54) is 5.56 Å².